The van der Waals surface area contributed by atoms with Gasteiger partial charge in [-0.3, -0.25) is 0 Å². The number of aromatic nitrogens is 1. The van der Waals surface area contributed by atoms with Crippen molar-refractivity contribution in [3.8, 4) is 9.88 Å². The molecule has 0 aliphatic heterocycles. The fourth-order valence-electron chi connectivity index (χ4n) is 1.41. The zero-order valence-corrected chi connectivity index (χ0v) is 11.0. The SMILES string of the molecule is COCc1nc(-c2ccc(C)s2)sc1C(=O)O. The van der Waals surface area contributed by atoms with E-state index < -0.39 is 5.97 Å². The van der Waals surface area contributed by atoms with Gasteiger partial charge < -0.3 is 9.84 Å². The van der Waals surface area contributed by atoms with E-state index in [0.717, 1.165) is 9.88 Å². The number of carboxylic acids is 1. The molecule has 0 unspecified atom stereocenters. The predicted octanol–water partition coefficient (Wildman–Crippen LogP) is 3.02. The summed E-state index contributed by atoms with van der Waals surface area (Å²) in [6.07, 6.45) is 0. The largest absolute Gasteiger partial charge is 0.477 e. The standard InChI is InChI=1S/C11H11NO3S2/c1-6-3-4-8(16-6)10-12-7(5-15-2)9(17-10)11(13)14/h3-4H,5H2,1-2H3,(H,13,14). The molecule has 0 aliphatic carbocycles. The van der Waals surface area contributed by atoms with Gasteiger partial charge in [-0.15, -0.1) is 22.7 Å². The highest BCUT2D eigenvalue weighted by molar-refractivity contribution is 7.22. The summed E-state index contributed by atoms with van der Waals surface area (Å²) in [5.41, 5.74) is 0.492. The van der Waals surface area contributed by atoms with Crippen LogP contribution in [0.5, 0.6) is 0 Å². The Hall–Kier alpha value is -1.24. The third-order valence-corrected chi connectivity index (χ3v) is 4.38. The fourth-order valence-corrected chi connectivity index (χ4v) is 3.24. The molecule has 17 heavy (non-hydrogen) atoms. The molecule has 0 aliphatic rings. The van der Waals surface area contributed by atoms with Gasteiger partial charge in [-0.2, -0.15) is 0 Å². The van der Waals surface area contributed by atoms with Crippen molar-refractivity contribution in [1.29, 1.82) is 0 Å². The van der Waals surface area contributed by atoms with E-state index in [9.17, 15) is 4.79 Å². The molecule has 2 rings (SSSR count). The number of methoxy groups -OCH3 is 1. The Morgan fingerprint density at radius 2 is 2.24 bits per heavy atom. The van der Waals surface area contributed by atoms with Crippen LogP contribution in [0, 0.1) is 6.92 Å². The van der Waals surface area contributed by atoms with E-state index in [1.54, 1.807) is 11.3 Å². The van der Waals surface area contributed by atoms with Gasteiger partial charge in [0, 0.05) is 12.0 Å². The van der Waals surface area contributed by atoms with Crippen molar-refractivity contribution in [3.63, 3.8) is 0 Å². The first-order chi connectivity index (χ1) is 8.11. The normalized spacial score (nSPS) is 10.7. The van der Waals surface area contributed by atoms with Crippen LogP contribution in [0.25, 0.3) is 9.88 Å². The second kappa shape index (κ2) is 4.95. The van der Waals surface area contributed by atoms with Crippen LogP contribution < -0.4 is 0 Å². The Bertz CT molecular complexity index is 545. The summed E-state index contributed by atoms with van der Waals surface area (Å²) in [7, 11) is 1.53. The summed E-state index contributed by atoms with van der Waals surface area (Å²) in [5.74, 6) is -0.950. The molecule has 0 amide bonds. The molecule has 0 spiro atoms. The van der Waals surface area contributed by atoms with Gasteiger partial charge in [-0.1, -0.05) is 0 Å². The number of aromatic carboxylic acids is 1. The van der Waals surface area contributed by atoms with E-state index in [1.165, 1.54) is 23.3 Å². The van der Waals surface area contributed by atoms with Crippen molar-refractivity contribution in [1.82, 2.24) is 4.98 Å². The molecule has 1 N–H and O–H groups in total. The topological polar surface area (TPSA) is 59.4 Å². The Balaban J connectivity index is 2.43. The van der Waals surface area contributed by atoms with E-state index in [-0.39, 0.29) is 11.5 Å². The molecule has 2 aromatic heterocycles. The Morgan fingerprint density at radius 3 is 2.76 bits per heavy atom. The molecule has 0 saturated heterocycles. The van der Waals surface area contributed by atoms with Gasteiger partial charge in [0.25, 0.3) is 0 Å². The molecular weight excluding hydrogens is 258 g/mol. The fraction of sp³-hybridized carbons (Fsp3) is 0.273. The van der Waals surface area contributed by atoms with E-state index in [1.807, 2.05) is 19.1 Å². The van der Waals surface area contributed by atoms with Crippen molar-refractivity contribution in [3.05, 3.63) is 27.6 Å². The average Bonchev–Trinajstić information content (AvgIpc) is 2.85. The molecule has 0 fully saturated rings. The van der Waals surface area contributed by atoms with Crippen molar-refractivity contribution in [2.24, 2.45) is 0 Å². The van der Waals surface area contributed by atoms with Gasteiger partial charge in [0.2, 0.25) is 0 Å². The van der Waals surface area contributed by atoms with E-state index in [2.05, 4.69) is 4.98 Å². The molecular formula is C11H11NO3S2. The first-order valence-electron chi connectivity index (χ1n) is 4.90. The molecule has 6 heteroatoms. The van der Waals surface area contributed by atoms with Gasteiger partial charge in [0.05, 0.1) is 17.2 Å². The number of hydrogen-bond donors (Lipinski definition) is 1. The predicted molar refractivity (Wildman–Crippen MR) is 67.8 cm³/mol. The second-order valence-corrected chi connectivity index (χ2v) is 5.73. The summed E-state index contributed by atoms with van der Waals surface area (Å²) >= 11 is 2.80. The first-order valence-corrected chi connectivity index (χ1v) is 6.54. The minimum absolute atomic E-state index is 0.225. The lowest BCUT2D eigenvalue weighted by atomic mass is 10.4. The summed E-state index contributed by atoms with van der Waals surface area (Å²) in [6.45, 7) is 2.23. The highest BCUT2D eigenvalue weighted by Crippen LogP contribution is 2.33. The van der Waals surface area contributed by atoms with Crippen LogP contribution in [0.2, 0.25) is 0 Å². The van der Waals surface area contributed by atoms with Crippen LogP contribution in [0.3, 0.4) is 0 Å². The van der Waals surface area contributed by atoms with Gasteiger partial charge in [-0.25, -0.2) is 9.78 Å². The van der Waals surface area contributed by atoms with Crippen molar-refractivity contribution in [2.75, 3.05) is 7.11 Å². The van der Waals surface area contributed by atoms with Crippen LogP contribution >= 0.6 is 22.7 Å². The van der Waals surface area contributed by atoms with Crippen LogP contribution in [-0.2, 0) is 11.3 Å². The number of carboxylic acid groups (broad SMARTS) is 1. The molecule has 2 heterocycles. The first kappa shape index (κ1) is 12.2. The zero-order chi connectivity index (χ0) is 12.4. The molecule has 0 aromatic carbocycles. The van der Waals surface area contributed by atoms with Gasteiger partial charge in [-0.05, 0) is 19.1 Å². The van der Waals surface area contributed by atoms with Crippen LogP contribution in [0.1, 0.15) is 20.2 Å². The lowest BCUT2D eigenvalue weighted by Crippen LogP contribution is -1.99. The molecule has 0 saturated carbocycles. The number of thiazole rings is 1. The molecule has 90 valence electrons. The van der Waals surface area contributed by atoms with Crippen molar-refractivity contribution < 1.29 is 14.6 Å². The van der Waals surface area contributed by atoms with Crippen molar-refractivity contribution in [2.45, 2.75) is 13.5 Å². The maximum absolute atomic E-state index is 11.1. The second-order valence-electron chi connectivity index (χ2n) is 3.44. The number of aryl methyl sites for hydroxylation is 1. The molecule has 0 radical (unpaired) electrons. The number of rotatable bonds is 4. The minimum atomic E-state index is -0.950. The number of nitrogens with zero attached hydrogens (tertiary/aromatic N) is 1. The summed E-state index contributed by atoms with van der Waals surface area (Å²) in [5, 5.41) is 9.82. The van der Waals surface area contributed by atoms with E-state index in [4.69, 9.17) is 9.84 Å². The third kappa shape index (κ3) is 2.54. The molecule has 0 bridgehead atoms. The van der Waals surface area contributed by atoms with Gasteiger partial charge in [0.1, 0.15) is 9.88 Å². The lowest BCUT2D eigenvalue weighted by Gasteiger charge is -1.94. The van der Waals surface area contributed by atoms with Crippen molar-refractivity contribution >= 4 is 28.6 Å². The Labute approximate surface area is 107 Å². The van der Waals surface area contributed by atoms with E-state index >= 15 is 0 Å². The molecule has 4 nitrogen and oxygen atoms in total. The average molecular weight is 269 g/mol. The highest BCUT2D eigenvalue weighted by atomic mass is 32.1. The Morgan fingerprint density at radius 1 is 1.47 bits per heavy atom. The number of hydrogen-bond acceptors (Lipinski definition) is 5. The number of carbonyl (C=O) groups is 1. The number of thiophene rings is 1. The molecule has 2 aromatic rings. The van der Waals surface area contributed by atoms with Gasteiger partial charge >= 0.3 is 5.97 Å². The minimum Gasteiger partial charge on any atom is -0.477 e. The van der Waals surface area contributed by atoms with Gasteiger partial charge in [0.15, 0.2) is 0 Å². The monoisotopic (exact) mass is 269 g/mol. The maximum Gasteiger partial charge on any atom is 0.347 e. The van der Waals surface area contributed by atoms with Crippen LogP contribution in [0.4, 0.5) is 0 Å². The zero-order valence-electron chi connectivity index (χ0n) is 9.39. The molecule has 0 atom stereocenters. The smallest absolute Gasteiger partial charge is 0.347 e. The summed E-state index contributed by atoms with van der Waals surface area (Å²) in [4.78, 5) is 17.8. The Kier molecular flexibility index (Phi) is 3.56. The maximum atomic E-state index is 11.1. The summed E-state index contributed by atoms with van der Waals surface area (Å²) < 4.78 is 4.96. The van der Waals surface area contributed by atoms with Crippen LogP contribution in [-0.4, -0.2) is 23.2 Å². The van der Waals surface area contributed by atoms with E-state index in [0.29, 0.717) is 5.69 Å². The third-order valence-electron chi connectivity index (χ3n) is 2.12. The van der Waals surface area contributed by atoms with Crippen LogP contribution in [0.15, 0.2) is 12.1 Å². The lowest BCUT2D eigenvalue weighted by molar-refractivity contribution is 0.0697. The number of ether oxygens (including phenoxy) is 1. The quantitative estimate of drug-likeness (QED) is 0.926. The summed E-state index contributed by atoms with van der Waals surface area (Å²) in [6, 6.07) is 3.96. The highest BCUT2D eigenvalue weighted by Gasteiger charge is 2.18.